The molecule has 2 N–H and O–H groups in total. The molecule has 1 atom stereocenters. The molecule has 0 bridgehead atoms. The van der Waals surface area contributed by atoms with Gasteiger partial charge in [-0.15, -0.1) is 6.58 Å². The number of ether oxygens (including phenoxy) is 1. The minimum absolute atomic E-state index is 0.0175. The summed E-state index contributed by atoms with van der Waals surface area (Å²) in [5.41, 5.74) is 1.41. The molecule has 0 radical (unpaired) electrons. The number of amides is 1. The summed E-state index contributed by atoms with van der Waals surface area (Å²) in [5, 5.41) is 11.9. The molecule has 0 saturated carbocycles. The number of carbonyl (C=O) groups excluding carboxylic acids is 1. The first-order valence-corrected chi connectivity index (χ1v) is 6.67. The van der Waals surface area contributed by atoms with Gasteiger partial charge in [-0.2, -0.15) is 0 Å². The number of hydrogen-bond donors (Lipinski definition) is 2. The summed E-state index contributed by atoms with van der Waals surface area (Å²) >= 11 is 0. The van der Waals surface area contributed by atoms with E-state index < -0.39 is 11.9 Å². The molecular weight excluding hydrogens is 272 g/mol. The highest BCUT2D eigenvalue weighted by Crippen LogP contribution is 2.34. The maximum atomic E-state index is 11.9. The number of rotatable bonds is 6. The van der Waals surface area contributed by atoms with Gasteiger partial charge in [-0.3, -0.25) is 9.59 Å². The molecule has 112 valence electrons. The van der Waals surface area contributed by atoms with E-state index in [4.69, 9.17) is 9.84 Å². The van der Waals surface area contributed by atoms with Crippen molar-refractivity contribution in [1.29, 1.82) is 0 Å². The van der Waals surface area contributed by atoms with Crippen LogP contribution >= 0.6 is 0 Å². The molecule has 21 heavy (non-hydrogen) atoms. The standard InChI is InChI=1S/C15H18N2O4/c1-3-6-17-12-7-11(16-8-10(2)15(19)20)4-5-13(12)21-9-14(17)18/h3-5,7,10,16H,1,6,8-9H2,2H3,(H,19,20). The average Bonchev–Trinajstić information content (AvgIpc) is 2.47. The zero-order valence-corrected chi connectivity index (χ0v) is 11.8. The Bertz CT molecular complexity index is 571. The fourth-order valence-electron chi connectivity index (χ4n) is 2.00. The first-order chi connectivity index (χ1) is 10.0. The van der Waals surface area contributed by atoms with E-state index in [1.54, 1.807) is 36.1 Å². The number of benzene rings is 1. The van der Waals surface area contributed by atoms with Gasteiger partial charge in [0.05, 0.1) is 11.6 Å². The molecule has 0 saturated heterocycles. The molecule has 0 spiro atoms. The topological polar surface area (TPSA) is 78.9 Å². The zero-order valence-electron chi connectivity index (χ0n) is 11.8. The largest absolute Gasteiger partial charge is 0.482 e. The number of carboxylic acids is 1. The van der Waals surface area contributed by atoms with E-state index in [9.17, 15) is 9.59 Å². The van der Waals surface area contributed by atoms with Crippen molar-refractivity contribution in [2.24, 2.45) is 5.92 Å². The molecule has 1 aliphatic rings. The fraction of sp³-hybridized carbons (Fsp3) is 0.333. The Morgan fingerprint density at radius 3 is 3.05 bits per heavy atom. The van der Waals surface area contributed by atoms with E-state index in [0.29, 0.717) is 24.5 Å². The summed E-state index contributed by atoms with van der Waals surface area (Å²) in [7, 11) is 0. The van der Waals surface area contributed by atoms with Crippen molar-refractivity contribution in [2.75, 3.05) is 29.9 Å². The van der Waals surface area contributed by atoms with Crippen molar-refractivity contribution in [2.45, 2.75) is 6.92 Å². The quantitative estimate of drug-likeness (QED) is 0.780. The second-order valence-electron chi connectivity index (χ2n) is 4.88. The van der Waals surface area contributed by atoms with Crippen LogP contribution in [0, 0.1) is 5.92 Å². The second-order valence-corrected chi connectivity index (χ2v) is 4.88. The van der Waals surface area contributed by atoms with E-state index in [-0.39, 0.29) is 12.5 Å². The van der Waals surface area contributed by atoms with Gasteiger partial charge in [-0.1, -0.05) is 13.0 Å². The number of nitrogens with zero attached hydrogens (tertiary/aromatic N) is 1. The second kappa shape index (κ2) is 6.30. The Morgan fingerprint density at radius 2 is 2.38 bits per heavy atom. The lowest BCUT2D eigenvalue weighted by Gasteiger charge is -2.29. The van der Waals surface area contributed by atoms with Crippen molar-refractivity contribution in [3.05, 3.63) is 30.9 Å². The van der Waals surface area contributed by atoms with Crippen molar-refractivity contribution in [3.63, 3.8) is 0 Å². The molecule has 1 aliphatic heterocycles. The molecule has 0 aliphatic carbocycles. The van der Waals surface area contributed by atoms with Crippen LogP contribution in [0.5, 0.6) is 5.75 Å². The first-order valence-electron chi connectivity index (χ1n) is 6.67. The van der Waals surface area contributed by atoms with Gasteiger partial charge < -0.3 is 20.1 Å². The van der Waals surface area contributed by atoms with Crippen molar-refractivity contribution >= 4 is 23.3 Å². The molecule has 1 heterocycles. The van der Waals surface area contributed by atoms with E-state index >= 15 is 0 Å². The van der Waals surface area contributed by atoms with Gasteiger partial charge in [0.2, 0.25) is 0 Å². The normalized spacial score (nSPS) is 14.9. The maximum Gasteiger partial charge on any atom is 0.308 e. The Kier molecular flexibility index (Phi) is 4.47. The lowest BCUT2D eigenvalue weighted by Crippen LogP contribution is -2.38. The van der Waals surface area contributed by atoms with E-state index in [1.807, 2.05) is 0 Å². The van der Waals surface area contributed by atoms with Crippen LogP contribution in [0.25, 0.3) is 0 Å². The lowest BCUT2D eigenvalue weighted by molar-refractivity contribution is -0.140. The van der Waals surface area contributed by atoms with Gasteiger partial charge in [0.25, 0.3) is 5.91 Å². The SMILES string of the molecule is C=CCN1C(=O)COc2ccc(NCC(C)C(=O)O)cc21. The number of hydrogen-bond acceptors (Lipinski definition) is 4. The van der Waals surface area contributed by atoms with Crippen molar-refractivity contribution < 1.29 is 19.4 Å². The highest BCUT2D eigenvalue weighted by Gasteiger charge is 2.24. The predicted molar refractivity (Wildman–Crippen MR) is 79.8 cm³/mol. The third kappa shape index (κ3) is 3.34. The highest BCUT2D eigenvalue weighted by molar-refractivity contribution is 5.98. The fourth-order valence-corrected chi connectivity index (χ4v) is 2.00. The summed E-state index contributed by atoms with van der Waals surface area (Å²) < 4.78 is 5.38. The van der Waals surface area contributed by atoms with Gasteiger partial charge in [-0.25, -0.2) is 0 Å². The van der Waals surface area contributed by atoms with Crippen molar-refractivity contribution in [1.82, 2.24) is 0 Å². The summed E-state index contributed by atoms with van der Waals surface area (Å²) in [4.78, 5) is 24.3. The lowest BCUT2D eigenvalue weighted by atomic mass is 10.1. The minimum atomic E-state index is -0.854. The van der Waals surface area contributed by atoms with E-state index in [1.165, 1.54) is 0 Å². The van der Waals surface area contributed by atoms with Crippen LogP contribution in [0.3, 0.4) is 0 Å². The number of carboxylic acid groups (broad SMARTS) is 1. The number of nitrogens with one attached hydrogen (secondary N) is 1. The molecule has 0 fully saturated rings. The summed E-state index contributed by atoms with van der Waals surface area (Å²) in [6.45, 7) is 6.01. The van der Waals surface area contributed by atoms with Gasteiger partial charge >= 0.3 is 5.97 Å². The minimum Gasteiger partial charge on any atom is -0.482 e. The smallest absolute Gasteiger partial charge is 0.308 e. The predicted octanol–water partition coefficient (Wildman–Crippen LogP) is 1.73. The number of carbonyl (C=O) groups is 2. The van der Waals surface area contributed by atoms with Gasteiger partial charge in [0.1, 0.15) is 5.75 Å². The number of fused-ring (bicyclic) bond motifs is 1. The van der Waals surface area contributed by atoms with Crippen LogP contribution in [-0.2, 0) is 9.59 Å². The molecule has 6 nitrogen and oxygen atoms in total. The summed E-state index contributed by atoms with van der Waals surface area (Å²) in [6, 6.07) is 5.35. The average molecular weight is 290 g/mol. The van der Waals surface area contributed by atoms with Crippen LogP contribution in [0.4, 0.5) is 11.4 Å². The molecule has 1 aromatic rings. The summed E-state index contributed by atoms with van der Waals surface area (Å²) in [5.74, 6) is -0.845. The van der Waals surface area contributed by atoms with Crippen LogP contribution in [0.1, 0.15) is 6.92 Å². The Morgan fingerprint density at radius 1 is 1.62 bits per heavy atom. The molecular formula is C15H18N2O4. The first kappa shape index (κ1) is 14.9. The molecule has 6 heteroatoms. The number of anilines is 2. The van der Waals surface area contributed by atoms with Gasteiger partial charge in [0.15, 0.2) is 6.61 Å². The van der Waals surface area contributed by atoms with E-state index in [0.717, 1.165) is 5.69 Å². The monoisotopic (exact) mass is 290 g/mol. The van der Waals surface area contributed by atoms with Crippen LogP contribution in [-0.4, -0.2) is 36.7 Å². The summed E-state index contributed by atoms with van der Waals surface area (Å²) in [6.07, 6.45) is 1.65. The Labute approximate surface area is 123 Å². The Hall–Kier alpha value is -2.50. The molecule has 1 aromatic carbocycles. The maximum absolute atomic E-state index is 11.9. The van der Waals surface area contributed by atoms with Crippen LogP contribution in [0.2, 0.25) is 0 Å². The molecule has 1 amide bonds. The highest BCUT2D eigenvalue weighted by atomic mass is 16.5. The van der Waals surface area contributed by atoms with Crippen LogP contribution in [0.15, 0.2) is 30.9 Å². The van der Waals surface area contributed by atoms with E-state index in [2.05, 4.69) is 11.9 Å². The molecule has 2 rings (SSSR count). The third-order valence-electron chi connectivity index (χ3n) is 3.25. The van der Waals surface area contributed by atoms with Crippen molar-refractivity contribution in [3.8, 4) is 5.75 Å². The third-order valence-corrected chi connectivity index (χ3v) is 3.25. The molecule has 0 aromatic heterocycles. The Balaban J connectivity index is 2.18. The van der Waals surface area contributed by atoms with Gasteiger partial charge in [0, 0.05) is 18.8 Å². The van der Waals surface area contributed by atoms with Gasteiger partial charge in [-0.05, 0) is 18.2 Å². The number of aliphatic carboxylic acids is 1. The van der Waals surface area contributed by atoms with Crippen LogP contribution < -0.4 is 15.0 Å². The molecule has 1 unspecified atom stereocenters. The zero-order chi connectivity index (χ0) is 15.4.